The number of pyridine rings is 1. The number of benzene rings is 1. The quantitative estimate of drug-likeness (QED) is 0.518. The highest BCUT2D eigenvalue weighted by atomic mass is 16.5. The minimum Gasteiger partial charge on any atom is -0.463 e. The molecule has 4 aromatic rings. The van der Waals surface area contributed by atoms with E-state index in [1.54, 1.807) is 6.26 Å². The molecule has 1 fully saturated rings. The Morgan fingerprint density at radius 3 is 2.63 bits per heavy atom. The zero-order valence-electron chi connectivity index (χ0n) is 16.7. The van der Waals surface area contributed by atoms with Crippen molar-refractivity contribution in [1.82, 2.24) is 19.9 Å². The number of furan rings is 1. The number of carbonyl (C=O) groups excluding carboxylic acids is 1. The molecule has 0 aliphatic carbocycles. The van der Waals surface area contributed by atoms with Gasteiger partial charge in [-0.1, -0.05) is 23.4 Å². The van der Waals surface area contributed by atoms with Crippen molar-refractivity contribution in [3.8, 4) is 11.5 Å². The Balaban J connectivity index is 1.37. The summed E-state index contributed by atoms with van der Waals surface area (Å²) < 4.78 is 10.8. The summed E-state index contributed by atoms with van der Waals surface area (Å²) in [6, 6.07) is 15.2. The average molecular weight is 402 g/mol. The molecule has 152 valence electrons. The molecule has 7 heteroatoms. The van der Waals surface area contributed by atoms with Gasteiger partial charge in [-0.2, -0.15) is 0 Å². The van der Waals surface area contributed by atoms with Gasteiger partial charge < -0.3 is 13.8 Å². The number of fused-ring (bicyclic) bond motifs is 1. The maximum Gasteiger partial charge on any atom is 0.254 e. The topological polar surface area (TPSA) is 75.6 Å². The Kier molecular flexibility index (Phi) is 4.80. The van der Waals surface area contributed by atoms with Gasteiger partial charge in [-0.15, -0.1) is 0 Å². The molecular formula is C23H22N4O3. The van der Waals surface area contributed by atoms with Gasteiger partial charge in [0.25, 0.3) is 5.91 Å². The Hall–Kier alpha value is -3.45. The molecule has 3 aromatic heterocycles. The van der Waals surface area contributed by atoms with Crippen molar-refractivity contribution in [1.29, 1.82) is 0 Å². The van der Waals surface area contributed by atoms with Gasteiger partial charge in [0, 0.05) is 37.6 Å². The third-order valence-electron chi connectivity index (χ3n) is 5.44. The molecule has 1 saturated heterocycles. The van der Waals surface area contributed by atoms with Crippen LogP contribution in [0.1, 0.15) is 21.8 Å². The third kappa shape index (κ3) is 3.59. The van der Waals surface area contributed by atoms with Crippen LogP contribution >= 0.6 is 0 Å². The molecule has 0 N–H and O–H groups in total. The van der Waals surface area contributed by atoms with Crippen molar-refractivity contribution in [3.63, 3.8) is 0 Å². The fourth-order valence-electron chi connectivity index (χ4n) is 3.89. The van der Waals surface area contributed by atoms with Crippen molar-refractivity contribution >= 4 is 16.8 Å². The Bertz CT molecular complexity index is 1170. The number of hydrogen-bond acceptors (Lipinski definition) is 6. The lowest BCUT2D eigenvalue weighted by Crippen LogP contribution is -2.48. The molecule has 0 bridgehead atoms. The SMILES string of the molecule is Cc1cc(CN2CCN(C(=O)c3cc(-c4ccco4)nc4ccccc34)CC2)on1. The van der Waals surface area contributed by atoms with Crippen molar-refractivity contribution in [2.75, 3.05) is 26.2 Å². The molecule has 0 radical (unpaired) electrons. The first kappa shape index (κ1) is 18.6. The fourth-order valence-corrected chi connectivity index (χ4v) is 3.89. The molecule has 5 rings (SSSR count). The number of nitrogens with zero attached hydrogens (tertiary/aromatic N) is 4. The number of aromatic nitrogens is 2. The van der Waals surface area contributed by atoms with E-state index in [1.165, 1.54) is 0 Å². The average Bonchev–Trinajstić information content (AvgIpc) is 3.45. The lowest BCUT2D eigenvalue weighted by atomic mass is 10.0. The minimum absolute atomic E-state index is 0.0246. The molecule has 1 amide bonds. The number of aryl methyl sites for hydroxylation is 1. The van der Waals surface area contributed by atoms with E-state index < -0.39 is 0 Å². The first-order valence-electron chi connectivity index (χ1n) is 10.0. The summed E-state index contributed by atoms with van der Waals surface area (Å²) in [5.74, 6) is 1.54. The standard InChI is InChI=1S/C23H22N4O3/c1-16-13-17(30-25-16)15-26-8-10-27(11-9-26)23(28)19-14-21(22-7-4-12-29-22)24-20-6-3-2-5-18(19)20/h2-7,12-14H,8-11,15H2,1H3. The van der Waals surface area contributed by atoms with E-state index in [2.05, 4.69) is 15.0 Å². The smallest absolute Gasteiger partial charge is 0.254 e. The highest BCUT2D eigenvalue weighted by molar-refractivity contribution is 6.07. The maximum atomic E-state index is 13.4. The van der Waals surface area contributed by atoms with E-state index in [9.17, 15) is 4.79 Å². The molecule has 1 aliphatic heterocycles. The van der Waals surface area contributed by atoms with Gasteiger partial charge in [0.2, 0.25) is 0 Å². The summed E-state index contributed by atoms with van der Waals surface area (Å²) in [6.07, 6.45) is 1.61. The first-order valence-corrected chi connectivity index (χ1v) is 10.0. The second kappa shape index (κ2) is 7.76. The van der Waals surface area contributed by atoms with Crippen LogP contribution in [0.5, 0.6) is 0 Å². The summed E-state index contributed by atoms with van der Waals surface area (Å²) in [6.45, 7) is 5.54. The van der Waals surface area contributed by atoms with Crippen LogP contribution in [0.15, 0.2) is 63.7 Å². The summed E-state index contributed by atoms with van der Waals surface area (Å²) in [5, 5.41) is 4.80. The number of rotatable bonds is 4. The second-order valence-electron chi connectivity index (χ2n) is 7.55. The predicted octanol–water partition coefficient (Wildman–Crippen LogP) is 3.75. The van der Waals surface area contributed by atoms with Gasteiger partial charge in [0.1, 0.15) is 5.69 Å². The van der Waals surface area contributed by atoms with E-state index in [-0.39, 0.29) is 5.91 Å². The minimum atomic E-state index is 0.0246. The highest BCUT2D eigenvalue weighted by Crippen LogP contribution is 2.26. The van der Waals surface area contributed by atoms with Gasteiger partial charge in [-0.05, 0) is 31.2 Å². The molecule has 0 atom stereocenters. The van der Waals surface area contributed by atoms with Gasteiger partial charge in [0.05, 0.1) is 29.6 Å². The normalized spacial score (nSPS) is 15.0. The summed E-state index contributed by atoms with van der Waals surface area (Å²) in [4.78, 5) is 22.3. The molecule has 0 saturated carbocycles. The molecule has 30 heavy (non-hydrogen) atoms. The molecular weight excluding hydrogens is 380 g/mol. The van der Waals surface area contributed by atoms with Crippen LogP contribution in [0.25, 0.3) is 22.4 Å². The summed E-state index contributed by atoms with van der Waals surface area (Å²) in [5.41, 5.74) is 3.00. The van der Waals surface area contributed by atoms with E-state index in [1.807, 2.05) is 60.4 Å². The molecule has 1 aliphatic rings. The van der Waals surface area contributed by atoms with E-state index >= 15 is 0 Å². The van der Waals surface area contributed by atoms with E-state index in [0.717, 1.165) is 35.4 Å². The molecule has 4 heterocycles. The van der Waals surface area contributed by atoms with Crippen LogP contribution in [-0.4, -0.2) is 52.0 Å². The van der Waals surface area contributed by atoms with Crippen molar-refractivity contribution in [3.05, 3.63) is 71.8 Å². The molecule has 0 unspecified atom stereocenters. The molecule has 1 aromatic carbocycles. The first-order chi connectivity index (χ1) is 14.7. The number of amides is 1. The van der Waals surface area contributed by atoms with Crippen LogP contribution in [0.4, 0.5) is 0 Å². The van der Waals surface area contributed by atoms with E-state index in [4.69, 9.17) is 8.94 Å². The Morgan fingerprint density at radius 2 is 1.90 bits per heavy atom. The lowest BCUT2D eigenvalue weighted by Gasteiger charge is -2.34. The summed E-state index contributed by atoms with van der Waals surface area (Å²) in [7, 11) is 0. The fraction of sp³-hybridized carbons (Fsp3) is 0.261. The van der Waals surface area contributed by atoms with Crippen molar-refractivity contribution in [2.24, 2.45) is 0 Å². The van der Waals surface area contributed by atoms with Crippen LogP contribution in [0.3, 0.4) is 0 Å². The molecule has 7 nitrogen and oxygen atoms in total. The third-order valence-corrected chi connectivity index (χ3v) is 5.44. The van der Waals surface area contributed by atoms with E-state index in [0.29, 0.717) is 36.7 Å². The van der Waals surface area contributed by atoms with Gasteiger partial charge in [-0.3, -0.25) is 9.69 Å². The Morgan fingerprint density at radius 1 is 1.07 bits per heavy atom. The van der Waals surface area contributed by atoms with Crippen LogP contribution in [-0.2, 0) is 6.54 Å². The van der Waals surface area contributed by atoms with Gasteiger partial charge in [0.15, 0.2) is 11.5 Å². The second-order valence-corrected chi connectivity index (χ2v) is 7.55. The largest absolute Gasteiger partial charge is 0.463 e. The number of piperazine rings is 1. The van der Waals surface area contributed by atoms with Gasteiger partial charge in [-0.25, -0.2) is 4.98 Å². The number of para-hydroxylation sites is 1. The van der Waals surface area contributed by atoms with Crippen LogP contribution < -0.4 is 0 Å². The monoisotopic (exact) mass is 402 g/mol. The van der Waals surface area contributed by atoms with Crippen molar-refractivity contribution < 1.29 is 13.7 Å². The number of carbonyl (C=O) groups is 1. The Labute approximate surface area is 173 Å². The maximum absolute atomic E-state index is 13.4. The van der Waals surface area contributed by atoms with Gasteiger partial charge >= 0.3 is 0 Å². The van der Waals surface area contributed by atoms with Crippen molar-refractivity contribution in [2.45, 2.75) is 13.5 Å². The zero-order valence-corrected chi connectivity index (χ0v) is 16.7. The predicted molar refractivity (Wildman–Crippen MR) is 112 cm³/mol. The van der Waals surface area contributed by atoms with Crippen LogP contribution in [0.2, 0.25) is 0 Å². The molecule has 0 spiro atoms. The zero-order chi connectivity index (χ0) is 20.5. The number of hydrogen-bond donors (Lipinski definition) is 0. The summed E-state index contributed by atoms with van der Waals surface area (Å²) >= 11 is 0. The lowest BCUT2D eigenvalue weighted by molar-refractivity contribution is 0.0619. The van der Waals surface area contributed by atoms with Crippen LogP contribution in [0, 0.1) is 6.92 Å². The highest BCUT2D eigenvalue weighted by Gasteiger charge is 2.25.